The van der Waals surface area contributed by atoms with Crippen LogP contribution in [-0.2, 0) is 13.0 Å². The summed E-state index contributed by atoms with van der Waals surface area (Å²) in [6, 6.07) is 10.2. The summed E-state index contributed by atoms with van der Waals surface area (Å²) in [5.74, 6) is 0.640. The molecular formula is C19H23FN2O2. The summed E-state index contributed by atoms with van der Waals surface area (Å²) < 4.78 is 18.6. The summed E-state index contributed by atoms with van der Waals surface area (Å²) in [5.41, 5.74) is 6.58. The van der Waals surface area contributed by atoms with Gasteiger partial charge in [-0.05, 0) is 49.1 Å². The first kappa shape index (κ1) is 16.7. The van der Waals surface area contributed by atoms with Crippen molar-refractivity contribution < 1.29 is 13.6 Å². The number of carbonyl (C=O) groups is 1. The van der Waals surface area contributed by atoms with E-state index in [1.54, 1.807) is 24.3 Å². The predicted octanol–water partition coefficient (Wildman–Crippen LogP) is 3.50. The molecule has 3 rings (SSSR count). The Morgan fingerprint density at radius 3 is 2.50 bits per heavy atom. The third-order valence-corrected chi connectivity index (χ3v) is 4.65. The molecule has 1 aromatic carbocycles. The highest BCUT2D eigenvalue weighted by atomic mass is 19.1. The molecule has 2 aromatic rings. The van der Waals surface area contributed by atoms with E-state index in [1.807, 2.05) is 4.90 Å². The van der Waals surface area contributed by atoms with E-state index in [9.17, 15) is 9.18 Å². The van der Waals surface area contributed by atoms with Crippen LogP contribution in [0.4, 0.5) is 4.39 Å². The Kier molecular flexibility index (Phi) is 5.30. The number of carbonyl (C=O) groups excluding carboxylic acids is 1. The minimum absolute atomic E-state index is 0.0799. The molecule has 128 valence electrons. The van der Waals surface area contributed by atoms with Gasteiger partial charge in [-0.1, -0.05) is 25.0 Å². The molecule has 0 aliphatic heterocycles. The summed E-state index contributed by atoms with van der Waals surface area (Å²) >= 11 is 0. The van der Waals surface area contributed by atoms with Gasteiger partial charge in [0.25, 0.3) is 5.91 Å². The maximum Gasteiger partial charge on any atom is 0.289 e. The van der Waals surface area contributed by atoms with Crippen LogP contribution in [0.3, 0.4) is 0 Å². The Bertz CT molecular complexity index is 675. The average Bonchev–Trinajstić information content (AvgIpc) is 3.28. The molecule has 0 radical (unpaired) electrons. The second kappa shape index (κ2) is 7.62. The number of nitrogens with zero attached hydrogens (tertiary/aromatic N) is 1. The van der Waals surface area contributed by atoms with Crippen LogP contribution in [0.2, 0.25) is 0 Å². The molecule has 4 nitrogen and oxygen atoms in total. The molecule has 24 heavy (non-hydrogen) atoms. The second-order valence-corrected chi connectivity index (χ2v) is 6.28. The van der Waals surface area contributed by atoms with Gasteiger partial charge in [-0.3, -0.25) is 4.79 Å². The van der Waals surface area contributed by atoms with Crippen LogP contribution in [0.25, 0.3) is 0 Å². The van der Waals surface area contributed by atoms with Gasteiger partial charge in [-0.15, -0.1) is 0 Å². The Balaban J connectivity index is 1.72. The van der Waals surface area contributed by atoms with Crippen LogP contribution in [0, 0.1) is 5.82 Å². The van der Waals surface area contributed by atoms with Gasteiger partial charge in [0.15, 0.2) is 5.76 Å². The molecule has 1 amide bonds. The number of furan rings is 1. The van der Waals surface area contributed by atoms with Gasteiger partial charge < -0.3 is 15.1 Å². The smallest absolute Gasteiger partial charge is 0.289 e. The van der Waals surface area contributed by atoms with Crippen molar-refractivity contribution in [3.8, 4) is 0 Å². The average molecular weight is 330 g/mol. The quantitative estimate of drug-likeness (QED) is 0.882. The van der Waals surface area contributed by atoms with Crippen LogP contribution in [0.5, 0.6) is 0 Å². The van der Waals surface area contributed by atoms with E-state index in [0.717, 1.165) is 31.2 Å². The molecule has 0 spiro atoms. The first-order valence-electron chi connectivity index (χ1n) is 8.51. The normalized spacial score (nSPS) is 14.9. The van der Waals surface area contributed by atoms with Crippen LogP contribution >= 0.6 is 0 Å². The third kappa shape index (κ3) is 3.85. The van der Waals surface area contributed by atoms with Crippen molar-refractivity contribution in [3.05, 3.63) is 59.3 Å². The van der Waals surface area contributed by atoms with Crippen molar-refractivity contribution in [2.45, 2.75) is 44.7 Å². The van der Waals surface area contributed by atoms with Crippen molar-refractivity contribution in [2.24, 2.45) is 5.73 Å². The van der Waals surface area contributed by atoms with Crippen molar-refractivity contribution in [1.29, 1.82) is 0 Å². The zero-order valence-electron chi connectivity index (χ0n) is 13.7. The molecule has 2 N–H and O–H groups in total. The van der Waals surface area contributed by atoms with Crippen LogP contribution < -0.4 is 5.73 Å². The molecular weight excluding hydrogens is 307 g/mol. The maximum absolute atomic E-state index is 13.0. The van der Waals surface area contributed by atoms with Crippen LogP contribution in [-0.4, -0.2) is 23.4 Å². The molecule has 1 saturated carbocycles. The first-order valence-corrected chi connectivity index (χ1v) is 8.51. The van der Waals surface area contributed by atoms with Crippen LogP contribution in [0.15, 0.2) is 40.8 Å². The molecule has 5 heteroatoms. The van der Waals surface area contributed by atoms with Gasteiger partial charge in [0.05, 0.1) is 6.54 Å². The van der Waals surface area contributed by atoms with E-state index in [1.165, 1.54) is 12.1 Å². The van der Waals surface area contributed by atoms with E-state index in [0.29, 0.717) is 24.5 Å². The largest absolute Gasteiger partial charge is 0.455 e. The van der Waals surface area contributed by atoms with Crippen molar-refractivity contribution in [3.63, 3.8) is 0 Å². The fraction of sp³-hybridized carbons (Fsp3) is 0.421. The zero-order valence-corrected chi connectivity index (χ0v) is 13.7. The summed E-state index contributed by atoms with van der Waals surface area (Å²) in [6.07, 6.45) is 5.06. The highest BCUT2D eigenvalue weighted by Crippen LogP contribution is 2.25. The summed E-state index contributed by atoms with van der Waals surface area (Å²) in [6.45, 7) is 0.889. The van der Waals surface area contributed by atoms with E-state index in [4.69, 9.17) is 10.2 Å². The Hall–Kier alpha value is -2.14. The molecule has 0 bridgehead atoms. The number of hydrogen-bond acceptors (Lipinski definition) is 3. The lowest BCUT2D eigenvalue weighted by Crippen LogP contribution is -2.40. The second-order valence-electron chi connectivity index (χ2n) is 6.28. The standard InChI is InChI=1S/C19H23FN2O2/c20-15-7-5-14(6-8-15)11-12-22(16-3-1-2-4-16)19(23)18-10-9-17(13-21)24-18/h5-10,16H,1-4,11-13,21H2. The van der Waals surface area contributed by atoms with Crippen molar-refractivity contribution in [1.82, 2.24) is 4.90 Å². The lowest BCUT2D eigenvalue weighted by Gasteiger charge is -2.28. The maximum atomic E-state index is 13.0. The minimum Gasteiger partial charge on any atom is -0.455 e. The molecule has 1 fully saturated rings. The van der Waals surface area contributed by atoms with E-state index >= 15 is 0 Å². The Morgan fingerprint density at radius 2 is 1.88 bits per heavy atom. The van der Waals surface area contributed by atoms with E-state index in [2.05, 4.69) is 0 Å². The zero-order chi connectivity index (χ0) is 16.9. The number of hydrogen-bond donors (Lipinski definition) is 1. The molecule has 1 aliphatic rings. The van der Waals surface area contributed by atoms with Gasteiger partial charge in [0, 0.05) is 12.6 Å². The Morgan fingerprint density at radius 1 is 1.17 bits per heavy atom. The molecule has 1 heterocycles. The topological polar surface area (TPSA) is 59.5 Å². The van der Waals surface area contributed by atoms with Crippen molar-refractivity contribution >= 4 is 5.91 Å². The lowest BCUT2D eigenvalue weighted by atomic mass is 10.1. The molecule has 1 aromatic heterocycles. The number of nitrogens with two attached hydrogens (primary N) is 1. The summed E-state index contributed by atoms with van der Waals surface area (Å²) in [5, 5.41) is 0. The number of benzene rings is 1. The highest BCUT2D eigenvalue weighted by molar-refractivity contribution is 5.91. The van der Waals surface area contributed by atoms with Gasteiger partial charge >= 0.3 is 0 Å². The molecule has 0 saturated heterocycles. The number of rotatable bonds is 6. The number of amides is 1. The number of halogens is 1. The van der Waals surface area contributed by atoms with Crippen molar-refractivity contribution in [2.75, 3.05) is 6.54 Å². The van der Waals surface area contributed by atoms with Gasteiger partial charge in [0.1, 0.15) is 11.6 Å². The van der Waals surface area contributed by atoms with E-state index < -0.39 is 0 Å². The summed E-state index contributed by atoms with van der Waals surface area (Å²) in [4.78, 5) is 14.8. The lowest BCUT2D eigenvalue weighted by molar-refractivity contribution is 0.0649. The van der Waals surface area contributed by atoms with Gasteiger partial charge in [0.2, 0.25) is 0 Å². The molecule has 0 atom stereocenters. The van der Waals surface area contributed by atoms with E-state index in [-0.39, 0.29) is 24.3 Å². The van der Waals surface area contributed by atoms with Gasteiger partial charge in [-0.25, -0.2) is 4.39 Å². The third-order valence-electron chi connectivity index (χ3n) is 4.65. The minimum atomic E-state index is -0.243. The Labute approximate surface area is 141 Å². The highest BCUT2D eigenvalue weighted by Gasteiger charge is 2.28. The fourth-order valence-electron chi connectivity index (χ4n) is 3.31. The van der Waals surface area contributed by atoms with Gasteiger partial charge in [-0.2, -0.15) is 0 Å². The monoisotopic (exact) mass is 330 g/mol. The fourth-order valence-corrected chi connectivity index (χ4v) is 3.31. The predicted molar refractivity (Wildman–Crippen MR) is 90.0 cm³/mol. The molecule has 0 unspecified atom stereocenters. The summed E-state index contributed by atoms with van der Waals surface area (Å²) in [7, 11) is 0. The van der Waals surface area contributed by atoms with Crippen LogP contribution in [0.1, 0.15) is 47.6 Å². The molecule has 1 aliphatic carbocycles. The SMILES string of the molecule is NCc1ccc(C(=O)N(CCc2ccc(F)cc2)C2CCCC2)o1. The first-order chi connectivity index (χ1) is 11.7.